The van der Waals surface area contributed by atoms with E-state index in [0.717, 1.165) is 41.8 Å². The van der Waals surface area contributed by atoms with E-state index in [-0.39, 0.29) is 36.2 Å². The van der Waals surface area contributed by atoms with Crippen molar-refractivity contribution in [1.82, 2.24) is 20.4 Å². The predicted molar refractivity (Wildman–Crippen MR) is 152 cm³/mol. The molecule has 0 N–H and O–H groups in total. The Morgan fingerprint density at radius 2 is 1.20 bits per heavy atom. The minimum Gasteiger partial charge on any atom is -0.299 e. The fourth-order valence-electron chi connectivity index (χ4n) is 5.25. The summed E-state index contributed by atoms with van der Waals surface area (Å²) in [6, 6.07) is 23.9. The molecule has 0 aliphatic heterocycles. The number of rotatable bonds is 10. The van der Waals surface area contributed by atoms with Gasteiger partial charge in [-0.15, -0.1) is 0 Å². The van der Waals surface area contributed by atoms with Crippen molar-refractivity contribution < 1.29 is 9.59 Å². The minimum absolute atomic E-state index is 0.0525. The Labute approximate surface area is 238 Å². The van der Waals surface area contributed by atoms with Crippen LogP contribution in [0.15, 0.2) is 72.8 Å². The molecule has 2 atom stereocenters. The van der Waals surface area contributed by atoms with Gasteiger partial charge in [-0.3, -0.25) is 9.59 Å². The first-order chi connectivity index (χ1) is 20.0. The highest BCUT2D eigenvalue weighted by atomic mass is 16.1. The Morgan fingerprint density at radius 1 is 0.707 bits per heavy atom. The van der Waals surface area contributed by atoms with Gasteiger partial charge in [0.2, 0.25) is 0 Å². The lowest BCUT2D eigenvalue weighted by Crippen LogP contribution is -2.10. The van der Waals surface area contributed by atoms with Crippen LogP contribution >= 0.6 is 0 Å². The van der Waals surface area contributed by atoms with Crippen LogP contribution in [0.2, 0.25) is 0 Å². The van der Waals surface area contributed by atoms with E-state index in [0.29, 0.717) is 35.5 Å². The van der Waals surface area contributed by atoms with E-state index >= 15 is 0 Å². The summed E-state index contributed by atoms with van der Waals surface area (Å²) in [5.41, 5.74) is 6.05. The number of hydrogen-bond acceptors (Lipinski definition) is 7. The number of ketones is 2. The quantitative estimate of drug-likeness (QED) is 0.246. The smallest absolute Gasteiger partial charge is 0.187 e. The second-order valence-corrected chi connectivity index (χ2v) is 10.5. The zero-order valence-electron chi connectivity index (χ0n) is 22.5. The molecule has 0 bridgehead atoms. The van der Waals surface area contributed by atoms with Crippen molar-refractivity contribution in [3.05, 3.63) is 124 Å². The molecule has 2 aromatic carbocycles. The van der Waals surface area contributed by atoms with Gasteiger partial charge in [-0.1, -0.05) is 36.4 Å². The Bertz CT molecular complexity index is 1480. The van der Waals surface area contributed by atoms with Gasteiger partial charge in [0, 0.05) is 24.7 Å². The van der Waals surface area contributed by atoms with E-state index in [1.165, 1.54) is 0 Å². The molecule has 2 unspecified atom stereocenters. The van der Waals surface area contributed by atoms with Gasteiger partial charge >= 0.3 is 0 Å². The van der Waals surface area contributed by atoms with Gasteiger partial charge < -0.3 is 0 Å². The van der Waals surface area contributed by atoms with E-state index < -0.39 is 0 Å². The minimum atomic E-state index is 0.0525. The molecule has 0 amide bonds. The number of carbonyl (C=O) groups is 2. The van der Waals surface area contributed by atoms with Crippen molar-refractivity contribution in [2.24, 2.45) is 0 Å². The van der Waals surface area contributed by atoms with Gasteiger partial charge in [0.25, 0.3) is 0 Å². The highest BCUT2D eigenvalue weighted by molar-refractivity contribution is 5.83. The summed E-state index contributed by atoms with van der Waals surface area (Å²) in [6.45, 7) is 7.02. The third-order valence-corrected chi connectivity index (χ3v) is 7.46. The first-order valence-corrected chi connectivity index (χ1v) is 13.6. The molecular weight excluding hydrogens is 512 g/mol. The molecule has 1 fully saturated rings. The van der Waals surface area contributed by atoms with Crippen LogP contribution in [-0.2, 0) is 35.3 Å². The van der Waals surface area contributed by atoms with E-state index in [9.17, 15) is 9.59 Å². The largest absolute Gasteiger partial charge is 0.299 e. The molecule has 8 nitrogen and oxygen atoms in total. The lowest BCUT2D eigenvalue weighted by molar-refractivity contribution is -0.118. The van der Waals surface area contributed by atoms with Gasteiger partial charge in [-0.05, 0) is 66.8 Å². The van der Waals surface area contributed by atoms with Gasteiger partial charge in [-0.2, -0.15) is 25.7 Å². The topological polar surface area (TPSA) is 114 Å². The van der Waals surface area contributed by atoms with Crippen molar-refractivity contribution in [2.75, 3.05) is 0 Å². The molecule has 1 aliphatic rings. The fourth-order valence-corrected chi connectivity index (χ4v) is 5.25. The van der Waals surface area contributed by atoms with Crippen LogP contribution in [0.3, 0.4) is 0 Å². The molecule has 202 valence electrons. The Kier molecular flexibility index (Phi) is 8.61. The normalized spacial score (nSPS) is 16.0. The summed E-state index contributed by atoms with van der Waals surface area (Å²) >= 11 is 0. The maximum atomic E-state index is 12.5. The summed E-state index contributed by atoms with van der Waals surface area (Å²) in [7, 11) is 0. The molecular formula is C33H28N6O2. The van der Waals surface area contributed by atoms with Crippen LogP contribution in [0.25, 0.3) is 4.85 Å². The maximum Gasteiger partial charge on any atom is 0.187 e. The van der Waals surface area contributed by atoms with Crippen LogP contribution in [0.4, 0.5) is 5.69 Å². The zero-order chi connectivity index (χ0) is 28.6. The second-order valence-electron chi connectivity index (χ2n) is 10.5. The first kappa shape index (κ1) is 27.5. The SMILES string of the molecule is [C-]#[N+]c1ccc(CC(=O)Cc2ccc(C3CCC(c4ccc(CC(=O)Cc5ccc(C#N)cc5)nn4)C3)nn2)cc1. The van der Waals surface area contributed by atoms with Crippen LogP contribution in [0, 0.1) is 17.9 Å². The lowest BCUT2D eigenvalue weighted by atomic mass is 9.98. The Morgan fingerprint density at radius 3 is 1.61 bits per heavy atom. The van der Waals surface area contributed by atoms with E-state index in [4.69, 9.17) is 11.8 Å². The van der Waals surface area contributed by atoms with Crippen molar-refractivity contribution in [2.45, 2.75) is 56.8 Å². The number of aromatic nitrogens is 4. The average molecular weight is 541 g/mol. The second kappa shape index (κ2) is 12.8. The number of carbonyl (C=O) groups excluding carboxylic acids is 2. The van der Waals surface area contributed by atoms with Crippen molar-refractivity contribution in [1.29, 1.82) is 5.26 Å². The highest BCUT2D eigenvalue weighted by Crippen LogP contribution is 2.42. The third kappa shape index (κ3) is 7.32. The van der Waals surface area contributed by atoms with Gasteiger partial charge in [0.15, 0.2) is 5.69 Å². The van der Waals surface area contributed by atoms with Crippen LogP contribution < -0.4 is 0 Å². The summed E-state index contributed by atoms with van der Waals surface area (Å²) < 4.78 is 0. The van der Waals surface area contributed by atoms with Gasteiger partial charge in [0.1, 0.15) is 11.6 Å². The first-order valence-electron chi connectivity index (χ1n) is 13.6. The van der Waals surface area contributed by atoms with Crippen LogP contribution in [0.1, 0.15) is 70.6 Å². The van der Waals surface area contributed by atoms with E-state index in [1.54, 1.807) is 36.4 Å². The van der Waals surface area contributed by atoms with Crippen LogP contribution in [0.5, 0.6) is 0 Å². The van der Waals surface area contributed by atoms with Gasteiger partial charge in [0.05, 0.1) is 53.8 Å². The molecule has 8 heteroatoms. The number of Topliss-reactive ketones (excluding diaryl/α,β-unsaturated/α-hetero) is 2. The van der Waals surface area contributed by atoms with E-state index in [2.05, 4.69) is 31.3 Å². The summed E-state index contributed by atoms with van der Waals surface area (Å²) in [4.78, 5) is 28.4. The summed E-state index contributed by atoms with van der Waals surface area (Å²) in [5.74, 6) is 0.653. The molecule has 1 saturated carbocycles. The van der Waals surface area contributed by atoms with Gasteiger partial charge in [-0.25, -0.2) is 4.85 Å². The van der Waals surface area contributed by atoms with E-state index in [1.807, 2.05) is 36.4 Å². The molecule has 5 rings (SSSR count). The fraction of sp³-hybridized carbons (Fsp3) is 0.273. The molecule has 0 radical (unpaired) electrons. The van der Waals surface area contributed by atoms with Crippen LogP contribution in [-0.4, -0.2) is 32.0 Å². The number of hydrogen-bond donors (Lipinski definition) is 0. The Hall–Kier alpha value is -5.08. The summed E-state index contributed by atoms with van der Waals surface area (Å²) in [6.07, 6.45) is 3.90. The molecule has 2 heterocycles. The molecule has 2 aromatic heterocycles. The number of nitriles is 1. The zero-order valence-corrected chi connectivity index (χ0v) is 22.5. The van der Waals surface area contributed by atoms with Crippen molar-refractivity contribution in [3.8, 4) is 6.07 Å². The lowest BCUT2D eigenvalue weighted by Gasteiger charge is -2.11. The molecule has 41 heavy (non-hydrogen) atoms. The van der Waals surface area contributed by atoms with Crippen molar-refractivity contribution in [3.63, 3.8) is 0 Å². The van der Waals surface area contributed by atoms with Crippen molar-refractivity contribution >= 4 is 17.3 Å². The molecule has 0 spiro atoms. The summed E-state index contributed by atoms with van der Waals surface area (Å²) in [5, 5.41) is 26.4. The number of benzene rings is 2. The Balaban J connectivity index is 1.10. The highest BCUT2D eigenvalue weighted by Gasteiger charge is 2.29. The number of nitrogens with zero attached hydrogens (tertiary/aromatic N) is 6. The molecule has 0 saturated heterocycles. The third-order valence-electron chi connectivity index (χ3n) is 7.46. The maximum absolute atomic E-state index is 12.5. The predicted octanol–water partition coefficient (Wildman–Crippen LogP) is 5.45. The molecule has 4 aromatic rings. The average Bonchev–Trinajstić information content (AvgIpc) is 3.49. The monoisotopic (exact) mass is 540 g/mol. The standard InChI is InChI=1S/C33H28N6O2/c1-35-27-10-6-23(7-11-27)17-31(41)20-29-13-15-33(39-37-29)26-9-8-25(18-26)32-14-12-28(36-38-32)19-30(40)16-22-2-4-24(21-34)5-3-22/h2-7,10-15,25-26H,8-9,16-20H2. The molecule has 1 aliphatic carbocycles.